The first-order valence-corrected chi connectivity index (χ1v) is 5.46. The van der Waals surface area contributed by atoms with Gasteiger partial charge in [-0.2, -0.15) is 0 Å². The molecule has 0 aliphatic rings. The minimum atomic E-state index is -0.365. The van der Waals surface area contributed by atoms with E-state index in [0.717, 1.165) is 6.42 Å². The second-order valence-electron chi connectivity index (χ2n) is 4.48. The molecule has 0 spiro atoms. The molecule has 1 aromatic rings. The van der Waals surface area contributed by atoms with Crippen LogP contribution in [0.4, 0.5) is 4.39 Å². The molecule has 0 radical (unpaired) electrons. The Bertz CT molecular complexity index is 354. The van der Waals surface area contributed by atoms with Crippen LogP contribution < -0.4 is 5.73 Å². The summed E-state index contributed by atoms with van der Waals surface area (Å²) in [7, 11) is 3.92. The van der Waals surface area contributed by atoms with Crippen LogP contribution in [0.15, 0.2) is 18.5 Å². The number of pyridine rings is 1. The van der Waals surface area contributed by atoms with Gasteiger partial charge in [-0.25, -0.2) is 4.39 Å². The predicted molar refractivity (Wildman–Crippen MR) is 63.5 cm³/mol. The van der Waals surface area contributed by atoms with Crippen molar-refractivity contribution in [2.24, 2.45) is 5.73 Å². The third kappa shape index (κ3) is 2.23. The van der Waals surface area contributed by atoms with E-state index < -0.39 is 0 Å². The largest absolute Gasteiger partial charge is 0.322 e. The zero-order valence-electron chi connectivity index (χ0n) is 10.4. The Morgan fingerprint density at radius 3 is 2.62 bits per heavy atom. The fourth-order valence-electron chi connectivity index (χ4n) is 1.79. The fourth-order valence-corrected chi connectivity index (χ4v) is 1.79. The molecule has 0 bridgehead atoms. The van der Waals surface area contributed by atoms with Crippen molar-refractivity contribution < 1.29 is 4.39 Å². The summed E-state index contributed by atoms with van der Waals surface area (Å²) in [4.78, 5) is 5.78. The smallest absolute Gasteiger partial charge is 0.146 e. The minimum absolute atomic E-state index is 0.262. The van der Waals surface area contributed by atoms with Crippen LogP contribution in [0.3, 0.4) is 0 Å². The van der Waals surface area contributed by atoms with Gasteiger partial charge in [0.25, 0.3) is 0 Å². The SMILES string of the molecule is CCC(C)(C(N)c1ccncc1F)N(C)C. The molecule has 0 saturated heterocycles. The lowest BCUT2D eigenvalue weighted by Crippen LogP contribution is -2.49. The number of nitrogens with two attached hydrogens (primary N) is 1. The van der Waals surface area contributed by atoms with E-state index in [1.54, 1.807) is 12.3 Å². The van der Waals surface area contributed by atoms with Gasteiger partial charge in [0.2, 0.25) is 0 Å². The van der Waals surface area contributed by atoms with E-state index in [1.165, 1.54) is 6.20 Å². The van der Waals surface area contributed by atoms with Gasteiger partial charge in [0.15, 0.2) is 0 Å². The monoisotopic (exact) mass is 225 g/mol. The summed E-state index contributed by atoms with van der Waals surface area (Å²) in [5.74, 6) is -0.337. The van der Waals surface area contributed by atoms with Crippen molar-refractivity contribution in [3.63, 3.8) is 0 Å². The Balaban J connectivity index is 3.10. The number of hydrogen-bond acceptors (Lipinski definition) is 3. The number of rotatable bonds is 4. The number of aromatic nitrogens is 1. The molecule has 1 rings (SSSR count). The van der Waals surface area contributed by atoms with E-state index in [0.29, 0.717) is 5.56 Å². The molecule has 0 aliphatic heterocycles. The van der Waals surface area contributed by atoms with Gasteiger partial charge < -0.3 is 10.6 Å². The third-order valence-electron chi connectivity index (χ3n) is 3.55. The maximum Gasteiger partial charge on any atom is 0.146 e. The highest BCUT2D eigenvalue weighted by molar-refractivity contribution is 5.21. The maximum absolute atomic E-state index is 13.6. The highest BCUT2D eigenvalue weighted by Crippen LogP contribution is 2.31. The predicted octanol–water partition coefficient (Wildman–Crippen LogP) is 1.95. The quantitative estimate of drug-likeness (QED) is 0.851. The topological polar surface area (TPSA) is 42.1 Å². The molecule has 0 aliphatic carbocycles. The zero-order valence-corrected chi connectivity index (χ0v) is 10.4. The summed E-state index contributed by atoms with van der Waals surface area (Å²) in [6.07, 6.45) is 3.63. The summed E-state index contributed by atoms with van der Waals surface area (Å²) >= 11 is 0. The van der Waals surface area contributed by atoms with E-state index in [4.69, 9.17) is 5.73 Å². The lowest BCUT2D eigenvalue weighted by atomic mass is 9.84. The van der Waals surface area contributed by atoms with E-state index in [2.05, 4.69) is 11.9 Å². The third-order valence-corrected chi connectivity index (χ3v) is 3.55. The lowest BCUT2D eigenvalue weighted by molar-refractivity contribution is 0.130. The van der Waals surface area contributed by atoms with E-state index in [1.807, 2.05) is 25.9 Å². The molecule has 0 fully saturated rings. The Morgan fingerprint density at radius 2 is 2.19 bits per heavy atom. The summed E-state index contributed by atoms with van der Waals surface area (Å²) in [6.45, 7) is 4.09. The summed E-state index contributed by atoms with van der Waals surface area (Å²) in [5.41, 5.74) is 6.44. The van der Waals surface area contributed by atoms with Crippen molar-refractivity contribution in [2.75, 3.05) is 14.1 Å². The van der Waals surface area contributed by atoms with Crippen LogP contribution in [0.5, 0.6) is 0 Å². The van der Waals surface area contributed by atoms with Crippen LogP contribution in [0.2, 0.25) is 0 Å². The number of likely N-dealkylation sites (N-methyl/N-ethyl adjacent to an activating group) is 1. The van der Waals surface area contributed by atoms with Crippen LogP contribution in [0.1, 0.15) is 31.9 Å². The Labute approximate surface area is 96.5 Å². The van der Waals surface area contributed by atoms with Crippen LogP contribution in [-0.4, -0.2) is 29.5 Å². The van der Waals surface area contributed by atoms with Gasteiger partial charge in [-0.05, 0) is 33.5 Å². The molecular formula is C12H20FN3. The van der Waals surface area contributed by atoms with Crippen LogP contribution in [0, 0.1) is 5.82 Å². The van der Waals surface area contributed by atoms with Gasteiger partial charge >= 0.3 is 0 Å². The molecule has 2 unspecified atom stereocenters. The van der Waals surface area contributed by atoms with Gasteiger partial charge in [0.05, 0.1) is 12.2 Å². The summed E-state index contributed by atoms with van der Waals surface area (Å²) in [6, 6.07) is 1.28. The molecule has 4 heteroatoms. The van der Waals surface area contributed by atoms with Gasteiger partial charge in [-0.3, -0.25) is 4.98 Å². The highest BCUT2D eigenvalue weighted by atomic mass is 19.1. The zero-order chi connectivity index (χ0) is 12.3. The van der Waals surface area contributed by atoms with Gasteiger partial charge in [-0.1, -0.05) is 6.92 Å². The molecular weight excluding hydrogens is 205 g/mol. The molecule has 2 N–H and O–H groups in total. The molecule has 3 nitrogen and oxygen atoms in total. The first-order chi connectivity index (χ1) is 7.43. The van der Waals surface area contributed by atoms with Gasteiger partial charge in [-0.15, -0.1) is 0 Å². The maximum atomic E-state index is 13.6. The molecule has 0 amide bonds. The average Bonchev–Trinajstić information content (AvgIpc) is 2.27. The molecule has 1 heterocycles. The molecule has 2 atom stereocenters. The highest BCUT2D eigenvalue weighted by Gasteiger charge is 2.34. The molecule has 90 valence electrons. The molecule has 16 heavy (non-hydrogen) atoms. The van der Waals surface area contributed by atoms with Crippen molar-refractivity contribution in [3.8, 4) is 0 Å². The summed E-state index contributed by atoms with van der Waals surface area (Å²) in [5, 5.41) is 0. The van der Waals surface area contributed by atoms with Gasteiger partial charge in [0.1, 0.15) is 5.82 Å². The van der Waals surface area contributed by atoms with Crippen molar-refractivity contribution in [2.45, 2.75) is 31.8 Å². The standard InChI is InChI=1S/C12H20FN3/c1-5-12(2,16(3)4)11(14)9-6-7-15-8-10(9)13/h6-8,11H,5,14H2,1-4H3. The van der Waals surface area contributed by atoms with E-state index >= 15 is 0 Å². The molecule has 0 aromatic carbocycles. The van der Waals surface area contributed by atoms with E-state index in [9.17, 15) is 4.39 Å². The second kappa shape index (κ2) is 4.89. The number of halogens is 1. The van der Waals surface area contributed by atoms with Gasteiger partial charge in [0, 0.05) is 17.3 Å². The average molecular weight is 225 g/mol. The van der Waals surface area contributed by atoms with Crippen molar-refractivity contribution in [1.82, 2.24) is 9.88 Å². The minimum Gasteiger partial charge on any atom is -0.322 e. The second-order valence-corrected chi connectivity index (χ2v) is 4.48. The Hall–Kier alpha value is -1.00. The first-order valence-electron chi connectivity index (χ1n) is 5.46. The van der Waals surface area contributed by atoms with Crippen molar-refractivity contribution in [1.29, 1.82) is 0 Å². The van der Waals surface area contributed by atoms with E-state index in [-0.39, 0.29) is 17.4 Å². The van der Waals surface area contributed by atoms with Crippen LogP contribution >= 0.6 is 0 Å². The van der Waals surface area contributed by atoms with Crippen molar-refractivity contribution >= 4 is 0 Å². The lowest BCUT2D eigenvalue weighted by Gasteiger charge is -2.41. The first kappa shape index (κ1) is 13.1. The normalized spacial score (nSPS) is 17.2. The Morgan fingerprint density at radius 1 is 1.56 bits per heavy atom. The molecule has 0 saturated carbocycles. The number of nitrogens with zero attached hydrogens (tertiary/aromatic N) is 2. The molecule has 1 aromatic heterocycles. The Kier molecular flexibility index (Phi) is 3.99. The van der Waals surface area contributed by atoms with Crippen LogP contribution in [0.25, 0.3) is 0 Å². The van der Waals surface area contributed by atoms with Crippen LogP contribution in [-0.2, 0) is 0 Å². The summed E-state index contributed by atoms with van der Waals surface area (Å²) < 4.78 is 13.6. The number of hydrogen-bond donors (Lipinski definition) is 1. The fraction of sp³-hybridized carbons (Fsp3) is 0.583. The van der Waals surface area contributed by atoms with Crippen molar-refractivity contribution in [3.05, 3.63) is 29.8 Å².